The molecule has 0 spiro atoms. The minimum absolute atomic E-state index is 0.0418. The van der Waals surface area contributed by atoms with Crippen molar-refractivity contribution >= 4 is 71.3 Å². The molecule has 0 saturated heterocycles. The zero-order chi connectivity index (χ0) is 99.1. The molecule has 6 unspecified atom stereocenters. The van der Waals surface area contributed by atoms with Gasteiger partial charge in [0.1, 0.15) is 41.0 Å². The van der Waals surface area contributed by atoms with Gasteiger partial charge in [-0.3, -0.25) is 19.2 Å². The molecule has 0 fully saturated rings. The normalized spacial score (nSPS) is 14.8. The van der Waals surface area contributed by atoms with Crippen molar-refractivity contribution in [2.45, 2.75) is 233 Å². The molecule has 4 N–H and O–H groups in total. The molecule has 8 rings (SSSR count). The number of aliphatic hydroxyl groups is 4. The molecular weight excluding hydrogens is 1720 g/mol. The highest BCUT2D eigenvalue weighted by molar-refractivity contribution is 6.04. The van der Waals surface area contributed by atoms with E-state index in [9.17, 15) is 115 Å². The van der Waals surface area contributed by atoms with E-state index in [0.29, 0.717) is 104 Å². The minimum Gasteiger partial charge on any atom is -0.462 e. The number of rotatable bonds is 26. The van der Waals surface area contributed by atoms with Crippen LogP contribution in [0.3, 0.4) is 0 Å². The molecule has 0 bridgehead atoms. The molecule has 0 saturated carbocycles. The van der Waals surface area contributed by atoms with Crippen molar-refractivity contribution in [3.8, 4) is 34.5 Å². The van der Waals surface area contributed by atoms with E-state index in [1.807, 2.05) is 12.1 Å². The Labute approximate surface area is 730 Å². The van der Waals surface area contributed by atoms with Crippen LogP contribution in [0.4, 0.5) is 52.7 Å². The molecule has 38 heteroatoms. The smallest absolute Gasteiger partial charge is 0.417 e. The molecule has 4 aromatic rings. The Balaban J connectivity index is 0.000000732. The number of ketones is 2. The molecule has 2 aliphatic heterocycles. The van der Waals surface area contributed by atoms with Crippen LogP contribution in [0.25, 0.3) is 0 Å². The second-order valence-electron chi connectivity index (χ2n) is 30.4. The van der Waals surface area contributed by atoms with Gasteiger partial charge in [0.2, 0.25) is 0 Å². The van der Waals surface area contributed by atoms with E-state index in [2.05, 4.69) is 66.8 Å². The van der Waals surface area contributed by atoms with E-state index >= 15 is 0 Å². The number of hydrogen-bond acceptors (Lipinski definition) is 26. The first-order valence-electron chi connectivity index (χ1n) is 38.4. The summed E-state index contributed by atoms with van der Waals surface area (Å²) in [4.78, 5) is 134. The van der Waals surface area contributed by atoms with Crippen LogP contribution >= 0.6 is 0 Å². The summed E-state index contributed by atoms with van der Waals surface area (Å²) in [6, 6.07) is 20.6. The average Bonchev–Trinajstić information content (AvgIpc) is 1.71. The molecule has 6 atom stereocenters. The first-order valence-corrected chi connectivity index (χ1v) is 38.4. The van der Waals surface area contributed by atoms with Crippen molar-refractivity contribution in [3.63, 3.8) is 0 Å². The van der Waals surface area contributed by atoms with Crippen LogP contribution in [0.5, 0.6) is 34.5 Å². The Kier molecular flexibility index (Phi) is 43.8. The monoisotopic (exact) mass is 1830 g/mol. The van der Waals surface area contributed by atoms with Gasteiger partial charge in [-0.1, -0.05) is 102 Å². The SMILES string of the molecule is C=C(C)C(=O)OC(C)CC(C)(O)C(F)(F)F.C=C(C)C(=O)OC(CC)CC(C)(O)C(F)(F)F.C=C(C)C(=O)OCCC(C)(O)C(F)(F)F.C=C(C)C(=O)OCCCC(C)(O)C(F)(F)F.C=C(C)C(=O)Oc1ccc2c(c1)OC(=O)C2.C=C(C)C(=O)Oc1cccc2c1C(=O)CC2.C=C(C)C(=O)Oc1cccc2c1CC(=O)C2.C=C(C)C(=O)Oc1cccc2c1OC(=O)C2. The summed E-state index contributed by atoms with van der Waals surface area (Å²) in [5.41, 5.74) is -4.73. The van der Waals surface area contributed by atoms with E-state index in [1.165, 1.54) is 40.7 Å². The van der Waals surface area contributed by atoms with Gasteiger partial charge in [-0.05, 0) is 151 Å². The third kappa shape index (κ3) is 38.2. The molecule has 4 aliphatic rings. The van der Waals surface area contributed by atoms with Gasteiger partial charge in [-0.15, -0.1) is 0 Å². The number of esters is 10. The van der Waals surface area contributed by atoms with E-state index in [4.69, 9.17) is 48.5 Å². The van der Waals surface area contributed by atoms with Crippen LogP contribution in [0.15, 0.2) is 170 Å². The van der Waals surface area contributed by atoms with Gasteiger partial charge in [0.05, 0.1) is 31.6 Å². The minimum atomic E-state index is -4.75. The van der Waals surface area contributed by atoms with Crippen molar-refractivity contribution < 1.29 is 178 Å². The number of Topliss-reactive ketones (excluding diaryl/α,β-unsaturated/α-hetero) is 2. The zero-order valence-electron chi connectivity index (χ0n) is 72.9. The van der Waals surface area contributed by atoms with Crippen LogP contribution in [-0.2, 0) is 104 Å². The Morgan fingerprint density at radius 2 is 0.805 bits per heavy atom. The number of para-hydroxylation sites is 1. The summed E-state index contributed by atoms with van der Waals surface area (Å²) in [5.74, 6) is -3.11. The summed E-state index contributed by atoms with van der Waals surface area (Å²) < 4.78 is 196. The van der Waals surface area contributed by atoms with E-state index in [1.54, 1.807) is 89.2 Å². The molecule has 0 radical (unpaired) electrons. The fourth-order valence-corrected chi connectivity index (χ4v) is 9.75. The molecular formula is C90H104F12O26. The lowest BCUT2D eigenvalue weighted by Crippen LogP contribution is -2.45. The van der Waals surface area contributed by atoms with Gasteiger partial charge in [0.25, 0.3) is 0 Å². The third-order valence-corrected chi connectivity index (χ3v) is 17.5. The average molecular weight is 1830 g/mol. The lowest BCUT2D eigenvalue weighted by molar-refractivity contribution is -0.261. The van der Waals surface area contributed by atoms with E-state index in [-0.39, 0.29) is 83.8 Å². The Morgan fingerprint density at radius 3 is 1.27 bits per heavy atom. The largest absolute Gasteiger partial charge is 0.462 e. The first-order chi connectivity index (χ1) is 58.4. The highest BCUT2D eigenvalue weighted by Gasteiger charge is 2.53. The summed E-state index contributed by atoms with van der Waals surface area (Å²) in [5, 5.41) is 36.4. The van der Waals surface area contributed by atoms with Gasteiger partial charge in [0, 0.05) is 106 Å². The quantitative estimate of drug-likeness (QED) is 0.0113. The van der Waals surface area contributed by atoms with Crippen molar-refractivity contribution in [2.24, 2.45) is 0 Å². The highest BCUT2D eigenvalue weighted by atomic mass is 19.4. The molecule has 2 aliphatic carbocycles. The van der Waals surface area contributed by atoms with Gasteiger partial charge >= 0.3 is 84.4 Å². The third-order valence-electron chi connectivity index (χ3n) is 17.5. The number of ether oxygens (including phenoxy) is 10. The predicted molar refractivity (Wildman–Crippen MR) is 438 cm³/mol. The number of fused-ring (bicyclic) bond motifs is 4. The molecule has 704 valence electrons. The number of halogens is 12. The highest BCUT2D eigenvalue weighted by Crippen LogP contribution is 2.40. The lowest BCUT2D eigenvalue weighted by Gasteiger charge is -2.29. The van der Waals surface area contributed by atoms with Crippen LogP contribution in [0.1, 0.15) is 180 Å². The van der Waals surface area contributed by atoms with Crippen molar-refractivity contribution in [1.29, 1.82) is 0 Å². The van der Waals surface area contributed by atoms with Crippen LogP contribution in [0.2, 0.25) is 0 Å². The van der Waals surface area contributed by atoms with Crippen LogP contribution in [0, 0.1) is 0 Å². The number of aryl methyl sites for hydroxylation is 1. The van der Waals surface area contributed by atoms with Gasteiger partial charge in [0.15, 0.2) is 39.7 Å². The van der Waals surface area contributed by atoms with Crippen molar-refractivity contribution in [2.75, 3.05) is 13.2 Å². The topological polar surface area (TPSA) is 378 Å². The van der Waals surface area contributed by atoms with Crippen LogP contribution < -0.4 is 28.4 Å². The maximum Gasteiger partial charge on any atom is 0.417 e. The summed E-state index contributed by atoms with van der Waals surface area (Å²) in [6.45, 7) is 43.9. The van der Waals surface area contributed by atoms with Gasteiger partial charge in [-0.2, -0.15) is 52.7 Å². The zero-order valence-corrected chi connectivity index (χ0v) is 72.9. The first kappa shape index (κ1) is 114. The van der Waals surface area contributed by atoms with Crippen molar-refractivity contribution in [3.05, 3.63) is 203 Å². The number of carbonyl (C=O) groups is 12. The second kappa shape index (κ2) is 49.2. The van der Waals surface area contributed by atoms with Crippen LogP contribution in [-0.4, -0.2) is 164 Å². The van der Waals surface area contributed by atoms with Gasteiger partial charge < -0.3 is 67.8 Å². The Bertz CT molecular complexity index is 4730. The van der Waals surface area contributed by atoms with Gasteiger partial charge in [-0.25, -0.2) is 38.4 Å². The second-order valence-corrected chi connectivity index (χ2v) is 30.4. The summed E-state index contributed by atoms with van der Waals surface area (Å²) >= 11 is 0. The molecule has 4 aromatic carbocycles. The maximum atomic E-state index is 12.4. The fraction of sp³-hybridized carbons (Fsp3) is 0.422. The van der Waals surface area contributed by atoms with Crippen molar-refractivity contribution in [1.82, 2.24) is 0 Å². The Morgan fingerprint density at radius 1 is 0.414 bits per heavy atom. The number of carbonyl (C=O) groups excluding carboxylic acids is 12. The number of benzene rings is 4. The molecule has 128 heavy (non-hydrogen) atoms. The molecule has 2 heterocycles. The summed E-state index contributed by atoms with van der Waals surface area (Å²) in [7, 11) is 0. The lowest BCUT2D eigenvalue weighted by atomic mass is 9.96. The predicted octanol–water partition coefficient (Wildman–Crippen LogP) is 16.2. The maximum absolute atomic E-state index is 12.4. The fourth-order valence-electron chi connectivity index (χ4n) is 9.75. The number of alkyl halides is 12. The molecule has 0 aromatic heterocycles. The molecule has 26 nitrogen and oxygen atoms in total. The Hall–Kier alpha value is -12.2. The van der Waals surface area contributed by atoms with E-state index < -0.39 is 139 Å². The summed E-state index contributed by atoms with van der Waals surface area (Å²) in [6.07, 6.45) is -20.9. The molecule has 0 amide bonds. The standard InChI is InChI=1S/2C13H12O3.2C12H10O4.C11H17F3O3.2C10H15F3O3.C9H13F3O3/c1-8(2)13(15)16-12-5-3-4-9-6-10(14)7-11(9)12;1-8(2)13(15)16-11-5-3-4-9-6-7-10(14)12(9)11;1-7(2)12(14)15-9-4-3-8-5-11(13)16-10(8)6-9;1-7(2)12(14)15-9-5-3-4-8-6-10(13)16-11(8)9;1-5-8(17-9(15)7(2)3)6-10(4,16)11(12,13)14;1-6(2)8(14)16-7(3)5-9(4,15)10(11,12)13;1-7(2)8(14)16-6-4-5-9(3,15)10(11,12)13;1-6(2)7(13)15-5-4-8(3,14)9(10,11)12/h2*3-5H,1,6-7H2,2H3;3-4,6H,1,5H2,2H3;3-5H,1,6H2,2H3;8,16H,2,5-6H2,1,3-4H3;7,15H,1,5H2,2-4H3;15H,1,4-6H2,2-3H3;14H,1,4-5H2,2-3H3. The van der Waals surface area contributed by atoms with E-state index in [0.717, 1.165) is 34.2 Å². The number of hydrogen-bond donors (Lipinski definition) is 4.